The second-order valence-electron chi connectivity index (χ2n) is 4.48. The van der Waals surface area contributed by atoms with E-state index < -0.39 is 23.9 Å². The fourth-order valence-electron chi connectivity index (χ4n) is 1.51. The largest absolute Gasteiger partial charge is 0.413 e. The van der Waals surface area contributed by atoms with Crippen LogP contribution < -0.4 is 5.73 Å². The number of alkyl halides is 3. The van der Waals surface area contributed by atoms with Crippen molar-refractivity contribution in [2.24, 2.45) is 12.8 Å². The summed E-state index contributed by atoms with van der Waals surface area (Å²) < 4.78 is 40.0. The summed E-state index contributed by atoms with van der Waals surface area (Å²) in [4.78, 5) is 11.8. The first-order chi connectivity index (χ1) is 8.52. The average molecular weight is 342 g/mol. The molecule has 0 bridgehead atoms. The minimum Gasteiger partial charge on any atom is -0.312 e. The third-order valence-corrected chi connectivity index (χ3v) is 3.91. The molecule has 0 spiro atoms. The highest BCUT2D eigenvalue weighted by atomic mass is 79.9. The maximum Gasteiger partial charge on any atom is 0.413 e. The van der Waals surface area contributed by atoms with E-state index in [2.05, 4.69) is 21.0 Å². The number of aryl methyl sites for hydroxylation is 2. The molecule has 1 atom stereocenters. The SMILES string of the molecule is CCc1nn(C)c(CC(=O)C(C)(N)C(F)(F)F)c1Br. The van der Waals surface area contributed by atoms with E-state index in [4.69, 9.17) is 5.73 Å². The Morgan fingerprint density at radius 2 is 2.00 bits per heavy atom. The molecule has 1 heterocycles. The van der Waals surface area contributed by atoms with E-state index >= 15 is 0 Å². The molecule has 1 rings (SSSR count). The average Bonchev–Trinajstić information content (AvgIpc) is 2.54. The summed E-state index contributed by atoms with van der Waals surface area (Å²) in [5, 5.41) is 4.12. The molecular formula is C11H15BrF3N3O. The lowest BCUT2D eigenvalue weighted by atomic mass is 9.93. The van der Waals surface area contributed by atoms with Crippen molar-refractivity contribution in [3.05, 3.63) is 15.9 Å². The summed E-state index contributed by atoms with van der Waals surface area (Å²) in [6, 6.07) is 0. The number of Topliss-reactive ketones (excluding diaryl/α,β-unsaturated/α-hetero) is 1. The van der Waals surface area contributed by atoms with Gasteiger partial charge in [0, 0.05) is 7.05 Å². The molecule has 1 aromatic heterocycles. The van der Waals surface area contributed by atoms with Crippen molar-refractivity contribution in [2.45, 2.75) is 38.4 Å². The van der Waals surface area contributed by atoms with Gasteiger partial charge in [0.1, 0.15) is 0 Å². The Bertz CT molecular complexity index is 494. The fraction of sp³-hybridized carbons (Fsp3) is 0.636. The lowest BCUT2D eigenvalue weighted by Gasteiger charge is -2.25. The highest BCUT2D eigenvalue weighted by Crippen LogP contribution is 2.31. The van der Waals surface area contributed by atoms with E-state index in [9.17, 15) is 18.0 Å². The Balaban J connectivity index is 3.05. The van der Waals surface area contributed by atoms with Crippen molar-refractivity contribution >= 4 is 21.7 Å². The normalized spacial score (nSPS) is 15.4. The molecular weight excluding hydrogens is 327 g/mol. The fourth-order valence-corrected chi connectivity index (χ4v) is 2.26. The van der Waals surface area contributed by atoms with Crippen LogP contribution in [0.3, 0.4) is 0 Å². The van der Waals surface area contributed by atoms with E-state index in [1.54, 1.807) is 7.05 Å². The lowest BCUT2D eigenvalue weighted by Crippen LogP contribution is -2.57. The van der Waals surface area contributed by atoms with E-state index in [0.29, 0.717) is 29.2 Å². The molecule has 1 unspecified atom stereocenters. The number of rotatable bonds is 4. The first-order valence-corrected chi connectivity index (χ1v) is 6.40. The Labute approximate surface area is 117 Å². The molecule has 0 radical (unpaired) electrons. The monoisotopic (exact) mass is 341 g/mol. The Kier molecular flexibility index (Phi) is 4.46. The quantitative estimate of drug-likeness (QED) is 0.912. The molecule has 0 saturated carbocycles. The molecule has 0 amide bonds. The number of nitrogens with zero attached hydrogens (tertiary/aromatic N) is 2. The summed E-state index contributed by atoms with van der Waals surface area (Å²) in [5.41, 5.74) is 3.33. The van der Waals surface area contributed by atoms with Crippen molar-refractivity contribution < 1.29 is 18.0 Å². The minimum atomic E-state index is -4.78. The van der Waals surface area contributed by atoms with E-state index in [1.807, 2.05) is 6.92 Å². The van der Waals surface area contributed by atoms with Crippen LogP contribution in [0.1, 0.15) is 25.2 Å². The predicted octanol–water partition coefficient (Wildman–Crippen LogP) is 2.14. The zero-order chi connectivity index (χ0) is 15.0. The van der Waals surface area contributed by atoms with Crippen molar-refractivity contribution in [1.29, 1.82) is 0 Å². The van der Waals surface area contributed by atoms with Gasteiger partial charge in [0.05, 0.1) is 22.3 Å². The topological polar surface area (TPSA) is 60.9 Å². The number of hydrogen-bond donors (Lipinski definition) is 1. The van der Waals surface area contributed by atoms with Gasteiger partial charge in [-0.1, -0.05) is 6.92 Å². The van der Waals surface area contributed by atoms with E-state index in [1.165, 1.54) is 4.68 Å². The van der Waals surface area contributed by atoms with Crippen LogP contribution >= 0.6 is 15.9 Å². The first-order valence-electron chi connectivity index (χ1n) is 5.61. The number of halogens is 4. The van der Waals surface area contributed by atoms with Crippen LogP contribution in [0.5, 0.6) is 0 Å². The number of hydrogen-bond acceptors (Lipinski definition) is 3. The Morgan fingerprint density at radius 1 is 1.47 bits per heavy atom. The molecule has 0 saturated heterocycles. The van der Waals surface area contributed by atoms with Gasteiger partial charge in [0.2, 0.25) is 0 Å². The lowest BCUT2D eigenvalue weighted by molar-refractivity contribution is -0.185. The van der Waals surface area contributed by atoms with Crippen LogP contribution in [0.4, 0.5) is 13.2 Å². The Hall–Kier alpha value is -0.890. The molecule has 4 nitrogen and oxygen atoms in total. The minimum absolute atomic E-state index is 0.391. The van der Waals surface area contributed by atoms with Crippen LogP contribution in [0.15, 0.2) is 4.47 Å². The van der Waals surface area contributed by atoms with Gasteiger partial charge in [-0.15, -0.1) is 0 Å². The van der Waals surface area contributed by atoms with Crippen molar-refractivity contribution in [2.75, 3.05) is 0 Å². The second-order valence-corrected chi connectivity index (χ2v) is 5.28. The van der Waals surface area contributed by atoms with E-state index in [0.717, 1.165) is 0 Å². The molecule has 108 valence electrons. The molecule has 0 aliphatic rings. The predicted molar refractivity (Wildman–Crippen MR) is 67.6 cm³/mol. The third kappa shape index (κ3) is 3.00. The van der Waals surface area contributed by atoms with Crippen LogP contribution in [-0.4, -0.2) is 27.3 Å². The number of nitrogens with two attached hydrogens (primary N) is 1. The van der Waals surface area contributed by atoms with Crippen molar-refractivity contribution in [1.82, 2.24) is 9.78 Å². The van der Waals surface area contributed by atoms with Crippen LogP contribution in [-0.2, 0) is 24.7 Å². The number of aromatic nitrogens is 2. The zero-order valence-electron chi connectivity index (χ0n) is 10.8. The summed E-state index contributed by atoms with van der Waals surface area (Å²) in [7, 11) is 1.58. The summed E-state index contributed by atoms with van der Waals surface area (Å²) in [6.45, 7) is 2.54. The van der Waals surface area contributed by atoms with Gasteiger partial charge in [-0.05, 0) is 29.3 Å². The van der Waals surface area contributed by atoms with Gasteiger partial charge in [-0.3, -0.25) is 9.48 Å². The van der Waals surface area contributed by atoms with Gasteiger partial charge in [-0.25, -0.2) is 0 Å². The molecule has 2 N–H and O–H groups in total. The third-order valence-electron chi connectivity index (χ3n) is 3.00. The standard InChI is InChI=1S/C11H15BrF3N3O/c1-4-6-9(12)7(18(3)17-6)5-8(19)10(2,16)11(13,14)15/h4-5,16H2,1-3H3. The molecule has 19 heavy (non-hydrogen) atoms. The summed E-state index contributed by atoms with van der Waals surface area (Å²) in [6.07, 6.45) is -4.58. The molecule has 8 heteroatoms. The highest BCUT2D eigenvalue weighted by Gasteiger charge is 2.53. The summed E-state index contributed by atoms with van der Waals surface area (Å²) >= 11 is 3.25. The van der Waals surface area contributed by atoms with Gasteiger partial charge >= 0.3 is 6.18 Å². The smallest absolute Gasteiger partial charge is 0.312 e. The van der Waals surface area contributed by atoms with Crippen LogP contribution in [0.2, 0.25) is 0 Å². The zero-order valence-corrected chi connectivity index (χ0v) is 12.4. The number of carbonyl (C=O) groups is 1. The van der Waals surface area contributed by atoms with Gasteiger partial charge in [0.25, 0.3) is 0 Å². The van der Waals surface area contributed by atoms with Crippen molar-refractivity contribution in [3.63, 3.8) is 0 Å². The van der Waals surface area contributed by atoms with Gasteiger partial charge < -0.3 is 5.73 Å². The highest BCUT2D eigenvalue weighted by molar-refractivity contribution is 9.10. The molecule has 0 aliphatic carbocycles. The molecule has 0 aromatic carbocycles. The number of ketones is 1. The van der Waals surface area contributed by atoms with Crippen LogP contribution in [0.25, 0.3) is 0 Å². The van der Waals surface area contributed by atoms with Crippen LogP contribution in [0, 0.1) is 0 Å². The first kappa shape index (κ1) is 16.2. The number of carbonyl (C=O) groups excluding carboxylic acids is 1. The van der Waals surface area contributed by atoms with Gasteiger partial charge in [0.15, 0.2) is 11.3 Å². The molecule has 0 fully saturated rings. The summed E-state index contributed by atoms with van der Waals surface area (Å²) in [5.74, 6) is -1.09. The van der Waals surface area contributed by atoms with E-state index in [-0.39, 0.29) is 0 Å². The Morgan fingerprint density at radius 3 is 2.37 bits per heavy atom. The van der Waals surface area contributed by atoms with Crippen molar-refractivity contribution in [3.8, 4) is 0 Å². The molecule has 0 aliphatic heterocycles. The second kappa shape index (κ2) is 5.24. The van der Waals surface area contributed by atoms with Gasteiger partial charge in [-0.2, -0.15) is 18.3 Å². The maximum atomic E-state index is 12.7. The maximum absolute atomic E-state index is 12.7. The molecule has 1 aromatic rings.